The van der Waals surface area contributed by atoms with Crippen molar-refractivity contribution in [2.45, 2.75) is 40.5 Å². The molecule has 7 nitrogen and oxygen atoms in total. The third-order valence-electron chi connectivity index (χ3n) is 3.78. The number of aromatic nitrogens is 3. The van der Waals surface area contributed by atoms with Crippen LogP contribution in [-0.2, 0) is 20.1 Å². The number of benzene rings is 1. The highest BCUT2D eigenvalue weighted by molar-refractivity contribution is 14.0. The standard InChI is InChI=1S/C17H24F2N6O.HI/c1-5-20-17(22-10-15-24-23-12(3)25(15)4)21-9-13-8-11(2)6-7-14(13)26-16(18)19;/h6-8,16H,5,9-10H2,1-4H3,(H2,20,21,22);1H. The smallest absolute Gasteiger partial charge is 0.387 e. The molecule has 0 aliphatic carbocycles. The predicted molar refractivity (Wildman–Crippen MR) is 111 cm³/mol. The van der Waals surface area contributed by atoms with Gasteiger partial charge in [-0.25, -0.2) is 4.99 Å². The monoisotopic (exact) mass is 494 g/mol. The normalized spacial score (nSPS) is 11.3. The van der Waals surface area contributed by atoms with Gasteiger partial charge in [-0.2, -0.15) is 8.78 Å². The fourth-order valence-electron chi connectivity index (χ4n) is 2.32. The fraction of sp³-hybridized carbons (Fsp3) is 0.471. The highest BCUT2D eigenvalue weighted by atomic mass is 127. The Labute approximate surface area is 174 Å². The highest BCUT2D eigenvalue weighted by Crippen LogP contribution is 2.22. The first-order chi connectivity index (χ1) is 12.4. The highest BCUT2D eigenvalue weighted by Gasteiger charge is 2.10. The Hall–Kier alpha value is -1.98. The number of nitrogens with one attached hydrogen (secondary N) is 2. The summed E-state index contributed by atoms with van der Waals surface area (Å²) in [5, 5.41) is 14.4. The largest absolute Gasteiger partial charge is 0.434 e. The molecule has 1 heterocycles. The number of alkyl halides is 2. The van der Waals surface area contributed by atoms with Crippen LogP contribution in [0.5, 0.6) is 5.75 Å². The van der Waals surface area contributed by atoms with Crippen molar-refractivity contribution in [2.75, 3.05) is 6.54 Å². The Morgan fingerprint density at radius 2 is 2.00 bits per heavy atom. The molecule has 0 spiro atoms. The fourth-order valence-corrected chi connectivity index (χ4v) is 2.32. The molecule has 150 valence electrons. The minimum absolute atomic E-state index is 0. The van der Waals surface area contributed by atoms with Gasteiger partial charge in [0.15, 0.2) is 11.8 Å². The average molecular weight is 494 g/mol. The summed E-state index contributed by atoms with van der Waals surface area (Å²) >= 11 is 0. The van der Waals surface area contributed by atoms with Crippen molar-refractivity contribution < 1.29 is 13.5 Å². The molecule has 0 bridgehead atoms. The van der Waals surface area contributed by atoms with Crippen LogP contribution in [0.4, 0.5) is 8.78 Å². The lowest BCUT2D eigenvalue weighted by molar-refractivity contribution is -0.0504. The molecule has 0 atom stereocenters. The molecule has 2 N–H and O–H groups in total. The van der Waals surface area contributed by atoms with Gasteiger partial charge in [-0.1, -0.05) is 17.7 Å². The van der Waals surface area contributed by atoms with Crippen molar-refractivity contribution in [2.24, 2.45) is 12.0 Å². The molecule has 0 aliphatic heterocycles. The van der Waals surface area contributed by atoms with E-state index in [0.29, 0.717) is 24.6 Å². The van der Waals surface area contributed by atoms with Crippen LogP contribution in [0.15, 0.2) is 23.2 Å². The van der Waals surface area contributed by atoms with E-state index in [9.17, 15) is 8.78 Å². The van der Waals surface area contributed by atoms with E-state index in [1.54, 1.807) is 12.1 Å². The third-order valence-corrected chi connectivity index (χ3v) is 3.78. The van der Waals surface area contributed by atoms with Gasteiger partial charge >= 0.3 is 6.61 Å². The SMILES string of the molecule is CCNC(=NCc1cc(C)ccc1OC(F)F)NCc1nnc(C)n1C.I. The molecule has 2 rings (SSSR count). The lowest BCUT2D eigenvalue weighted by Gasteiger charge is -2.13. The van der Waals surface area contributed by atoms with Crippen molar-refractivity contribution in [3.63, 3.8) is 0 Å². The second kappa shape index (κ2) is 11.0. The van der Waals surface area contributed by atoms with Crippen LogP contribution in [0, 0.1) is 13.8 Å². The third kappa shape index (κ3) is 6.92. The van der Waals surface area contributed by atoms with E-state index in [1.807, 2.05) is 32.4 Å². The van der Waals surface area contributed by atoms with Gasteiger partial charge in [0.1, 0.15) is 11.6 Å². The number of nitrogens with zero attached hydrogens (tertiary/aromatic N) is 4. The van der Waals surface area contributed by atoms with E-state index in [4.69, 9.17) is 0 Å². The molecule has 0 amide bonds. The molecule has 0 aliphatic rings. The molecule has 0 fully saturated rings. The zero-order chi connectivity index (χ0) is 19.1. The Morgan fingerprint density at radius 3 is 2.59 bits per heavy atom. The number of ether oxygens (including phenoxy) is 1. The number of hydrogen-bond acceptors (Lipinski definition) is 4. The van der Waals surface area contributed by atoms with E-state index in [2.05, 4.69) is 30.6 Å². The minimum atomic E-state index is -2.87. The molecule has 1 aromatic heterocycles. The van der Waals surface area contributed by atoms with Crippen LogP contribution in [-0.4, -0.2) is 33.9 Å². The summed E-state index contributed by atoms with van der Waals surface area (Å²) in [6.07, 6.45) is 0. The lowest BCUT2D eigenvalue weighted by Crippen LogP contribution is -2.37. The number of hydrogen-bond donors (Lipinski definition) is 2. The number of aliphatic imine (C=N–C) groups is 1. The van der Waals surface area contributed by atoms with Gasteiger partial charge in [-0.3, -0.25) is 0 Å². The first-order valence-corrected chi connectivity index (χ1v) is 8.32. The molecule has 0 saturated carbocycles. The molecular weight excluding hydrogens is 469 g/mol. The minimum Gasteiger partial charge on any atom is -0.434 e. The second-order valence-corrected chi connectivity index (χ2v) is 5.76. The molecule has 0 unspecified atom stereocenters. The topological polar surface area (TPSA) is 76.4 Å². The number of guanidine groups is 1. The second-order valence-electron chi connectivity index (χ2n) is 5.76. The predicted octanol–water partition coefficient (Wildman–Crippen LogP) is 2.91. The van der Waals surface area contributed by atoms with Crippen molar-refractivity contribution in [3.05, 3.63) is 41.0 Å². The van der Waals surface area contributed by atoms with Gasteiger partial charge in [0, 0.05) is 19.2 Å². The Kier molecular flexibility index (Phi) is 9.39. The van der Waals surface area contributed by atoms with E-state index in [1.165, 1.54) is 6.07 Å². The zero-order valence-electron chi connectivity index (χ0n) is 15.8. The lowest BCUT2D eigenvalue weighted by atomic mass is 10.1. The maximum absolute atomic E-state index is 12.6. The van der Waals surface area contributed by atoms with Crippen LogP contribution in [0.2, 0.25) is 0 Å². The number of aryl methyl sites for hydroxylation is 2. The number of halogens is 3. The molecule has 27 heavy (non-hydrogen) atoms. The summed E-state index contributed by atoms with van der Waals surface area (Å²) in [5.41, 5.74) is 1.54. The van der Waals surface area contributed by atoms with E-state index in [0.717, 1.165) is 17.2 Å². The van der Waals surface area contributed by atoms with Crippen LogP contribution in [0.25, 0.3) is 0 Å². The molecule has 2 aromatic rings. The Bertz CT molecular complexity index is 766. The van der Waals surface area contributed by atoms with Crippen molar-refractivity contribution in [3.8, 4) is 5.75 Å². The summed E-state index contributed by atoms with van der Waals surface area (Å²) in [4.78, 5) is 4.46. The van der Waals surface area contributed by atoms with Crippen LogP contribution in [0.3, 0.4) is 0 Å². The van der Waals surface area contributed by atoms with Gasteiger partial charge in [0.2, 0.25) is 0 Å². The molecule has 1 aromatic carbocycles. The van der Waals surface area contributed by atoms with Crippen molar-refractivity contribution >= 4 is 29.9 Å². The molecular formula is C17H25F2IN6O. The maximum atomic E-state index is 12.6. The van der Waals surface area contributed by atoms with E-state index < -0.39 is 6.61 Å². The molecule has 0 radical (unpaired) electrons. The van der Waals surface area contributed by atoms with Crippen molar-refractivity contribution in [1.82, 2.24) is 25.4 Å². The summed E-state index contributed by atoms with van der Waals surface area (Å²) in [7, 11) is 1.89. The van der Waals surface area contributed by atoms with Gasteiger partial charge in [0.05, 0.1) is 13.1 Å². The van der Waals surface area contributed by atoms with Gasteiger partial charge in [0.25, 0.3) is 0 Å². The number of rotatable bonds is 7. The maximum Gasteiger partial charge on any atom is 0.387 e. The van der Waals surface area contributed by atoms with Gasteiger partial charge in [-0.05, 0) is 26.8 Å². The van der Waals surface area contributed by atoms with E-state index >= 15 is 0 Å². The summed E-state index contributed by atoms with van der Waals surface area (Å²) < 4.78 is 31.6. The molecule has 0 saturated heterocycles. The quantitative estimate of drug-likeness (QED) is 0.352. The van der Waals surface area contributed by atoms with Gasteiger partial charge < -0.3 is 19.9 Å². The zero-order valence-corrected chi connectivity index (χ0v) is 18.1. The summed E-state index contributed by atoms with van der Waals surface area (Å²) in [6, 6.07) is 5.05. The van der Waals surface area contributed by atoms with Crippen LogP contribution >= 0.6 is 24.0 Å². The Morgan fingerprint density at radius 1 is 1.26 bits per heavy atom. The average Bonchev–Trinajstić information content (AvgIpc) is 2.91. The summed E-state index contributed by atoms with van der Waals surface area (Å²) in [5.74, 6) is 2.27. The summed E-state index contributed by atoms with van der Waals surface area (Å²) in [6.45, 7) is 4.15. The molecule has 10 heteroatoms. The van der Waals surface area contributed by atoms with Crippen molar-refractivity contribution in [1.29, 1.82) is 0 Å². The first-order valence-electron chi connectivity index (χ1n) is 8.32. The van der Waals surface area contributed by atoms with Gasteiger partial charge in [-0.15, -0.1) is 34.2 Å². The first kappa shape index (κ1) is 23.1. The van der Waals surface area contributed by atoms with Crippen LogP contribution in [0.1, 0.15) is 29.7 Å². The van der Waals surface area contributed by atoms with E-state index in [-0.39, 0.29) is 36.3 Å². The van der Waals surface area contributed by atoms with Crippen LogP contribution < -0.4 is 15.4 Å². The Balaban J connectivity index is 0.00000364.